The Balaban J connectivity index is 2.19. The second-order valence-corrected chi connectivity index (χ2v) is 5.28. The van der Waals surface area contributed by atoms with E-state index >= 15 is 0 Å². The van der Waals surface area contributed by atoms with Gasteiger partial charge in [-0.05, 0) is 46.9 Å². The van der Waals surface area contributed by atoms with E-state index < -0.39 is 0 Å². The maximum atomic E-state index is 11.9. The summed E-state index contributed by atoms with van der Waals surface area (Å²) < 4.78 is 0.983. The average molecular weight is 394 g/mol. The van der Waals surface area contributed by atoms with E-state index in [0.29, 0.717) is 5.82 Å². The van der Waals surface area contributed by atoms with Gasteiger partial charge in [-0.25, -0.2) is 9.97 Å². The number of aromatic nitrogens is 2. The van der Waals surface area contributed by atoms with E-state index in [2.05, 4.69) is 37.9 Å². The first-order chi connectivity index (χ1) is 8.56. The van der Waals surface area contributed by atoms with Crippen molar-refractivity contribution in [3.05, 3.63) is 49.9 Å². The first-order valence-corrected chi connectivity index (χ1v) is 6.64. The number of carbonyl (C=O) groups excluding carboxylic acids is 1. The Morgan fingerprint density at radius 1 is 1.22 bits per heavy atom. The van der Waals surface area contributed by atoms with Gasteiger partial charge in [0.25, 0.3) is 5.91 Å². The van der Waals surface area contributed by atoms with Crippen molar-refractivity contribution in [3.8, 4) is 0 Å². The Morgan fingerprint density at radius 2 is 2.00 bits per heavy atom. The molecule has 92 valence electrons. The highest BCUT2D eigenvalue weighted by Gasteiger charge is 2.12. The number of nitrogens with zero attached hydrogens (tertiary/aromatic N) is 2. The number of amides is 1. The third-order valence-corrected chi connectivity index (χ3v) is 3.17. The molecule has 0 aliphatic carbocycles. The highest BCUT2D eigenvalue weighted by atomic mass is 127. The summed E-state index contributed by atoms with van der Waals surface area (Å²) in [6.07, 6.45) is 1.65. The number of hydrogen-bond acceptors (Lipinski definition) is 3. The molecule has 0 unspecified atom stereocenters. The number of hydrogen-bond donors (Lipinski definition) is 1. The highest BCUT2D eigenvalue weighted by molar-refractivity contribution is 14.1. The van der Waals surface area contributed by atoms with E-state index in [1.807, 2.05) is 6.07 Å². The monoisotopic (exact) mass is 393 g/mol. The van der Waals surface area contributed by atoms with Crippen molar-refractivity contribution in [1.29, 1.82) is 0 Å². The predicted molar refractivity (Wildman–Crippen MR) is 79.2 cm³/mol. The van der Waals surface area contributed by atoms with E-state index in [0.717, 1.165) is 3.57 Å². The second-order valence-electron chi connectivity index (χ2n) is 3.29. The molecule has 2 heterocycles. The van der Waals surface area contributed by atoms with Gasteiger partial charge in [0, 0.05) is 9.77 Å². The van der Waals surface area contributed by atoms with Crippen LogP contribution in [0.4, 0.5) is 5.82 Å². The lowest BCUT2D eigenvalue weighted by Crippen LogP contribution is -2.13. The quantitative estimate of drug-likeness (QED) is 0.626. The molecule has 4 nitrogen and oxygen atoms in total. The van der Waals surface area contributed by atoms with Crippen LogP contribution in [0.5, 0.6) is 0 Å². The normalized spacial score (nSPS) is 10.2. The van der Waals surface area contributed by atoms with Crippen molar-refractivity contribution in [1.82, 2.24) is 9.97 Å². The summed E-state index contributed by atoms with van der Waals surface area (Å²) in [4.78, 5) is 19.8. The summed E-state index contributed by atoms with van der Waals surface area (Å²) in [5.74, 6) is 0.0734. The molecule has 0 saturated carbocycles. The number of halogens is 3. The molecule has 1 N–H and O–H groups in total. The van der Waals surface area contributed by atoms with Crippen molar-refractivity contribution >= 4 is 57.5 Å². The van der Waals surface area contributed by atoms with Crippen LogP contribution < -0.4 is 5.32 Å². The van der Waals surface area contributed by atoms with Crippen LogP contribution in [0.1, 0.15) is 10.4 Å². The maximum Gasteiger partial charge on any atom is 0.259 e. The molecule has 0 spiro atoms. The molecule has 0 saturated heterocycles. The van der Waals surface area contributed by atoms with Gasteiger partial charge in [0.15, 0.2) is 0 Å². The Hall–Kier alpha value is -0.920. The fraction of sp³-hybridized carbons (Fsp3) is 0. The third kappa shape index (κ3) is 3.30. The zero-order valence-corrected chi connectivity index (χ0v) is 12.5. The van der Waals surface area contributed by atoms with Crippen LogP contribution in [-0.4, -0.2) is 15.9 Å². The third-order valence-electron chi connectivity index (χ3n) is 2.03. The van der Waals surface area contributed by atoms with Crippen molar-refractivity contribution in [2.45, 2.75) is 0 Å². The summed E-state index contributed by atoms with van der Waals surface area (Å²) in [5, 5.41) is 2.93. The zero-order chi connectivity index (χ0) is 13.1. The molecule has 2 aromatic heterocycles. The molecule has 0 radical (unpaired) electrons. The van der Waals surface area contributed by atoms with Crippen LogP contribution >= 0.6 is 45.8 Å². The fourth-order valence-electron chi connectivity index (χ4n) is 1.21. The predicted octanol–water partition coefficient (Wildman–Crippen LogP) is 3.64. The molecule has 2 rings (SSSR count). The van der Waals surface area contributed by atoms with Gasteiger partial charge < -0.3 is 5.32 Å². The highest BCUT2D eigenvalue weighted by Crippen LogP contribution is 2.18. The molecule has 0 bridgehead atoms. The standard InChI is InChI=1S/C11H6Cl2IN3O/c12-8-3-2-7(10(13)16-8)11(18)17-9-4-1-6(14)5-15-9/h1-5H,(H,15,17,18). The molecule has 2 aromatic rings. The summed E-state index contributed by atoms with van der Waals surface area (Å²) in [5.41, 5.74) is 0.251. The van der Waals surface area contributed by atoms with Crippen LogP contribution in [0, 0.1) is 3.57 Å². The number of anilines is 1. The van der Waals surface area contributed by atoms with Crippen molar-refractivity contribution in [2.24, 2.45) is 0 Å². The maximum absolute atomic E-state index is 11.9. The lowest BCUT2D eigenvalue weighted by atomic mass is 10.2. The molecule has 0 fully saturated rings. The van der Waals surface area contributed by atoms with Gasteiger partial charge in [0.05, 0.1) is 5.56 Å². The van der Waals surface area contributed by atoms with Crippen LogP contribution in [0.2, 0.25) is 10.3 Å². The number of pyridine rings is 2. The molecule has 0 atom stereocenters. The minimum Gasteiger partial charge on any atom is -0.306 e. The minimum atomic E-state index is -0.377. The SMILES string of the molecule is O=C(Nc1ccc(I)cn1)c1ccc(Cl)nc1Cl. The van der Waals surface area contributed by atoms with Gasteiger partial charge in [0.1, 0.15) is 16.1 Å². The van der Waals surface area contributed by atoms with Crippen molar-refractivity contribution in [3.63, 3.8) is 0 Å². The van der Waals surface area contributed by atoms with Gasteiger partial charge in [-0.15, -0.1) is 0 Å². The Labute approximate surface area is 127 Å². The molecule has 7 heteroatoms. The molecular formula is C11H6Cl2IN3O. The first-order valence-electron chi connectivity index (χ1n) is 4.81. The second kappa shape index (κ2) is 5.81. The lowest BCUT2D eigenvalue weighted by Gasteiger charge is -2.05. The number of nitrogens with one attached hydrogen (secondary N) is 1. The number of carbonyl (C=O) groups is 1. The van der Waals surface area contributed by atoms with Crippen LogP contribution in [0.3, 0.4) is 0 Å². The smallest absolute Gasteiger partial charge is 0.259 e. The van der Waals surface area contributed by atoms with Crippen LogP contribution in [-0.2, 0) is 0 Å². The summed E-state index contributed by atoms with van der Waals surface area (Å²) in [6.45, 7) is 0. The topological polar surface area (TPSA) is 54.9 Å². The van der Waals surface area contributed by atoms with E-state index in [4.69, 9.17) is 23.2 Å². The lowest BCUT2D eigenvalue weighted by molar-refractivity contribution is 0.102. The molecule has 0 aromatic carbocycles. The molecule has 0 aliphatic heterocycles. The van der Waals surface area contributed by atoms with Crippen LogP contribution in [0.25, 0.3) is 0 Å². The largest absolute Gasteiger partial charge is 0.306 e. The molecule has 1 amide bonds. The van der Waals surface area contributed by atoms with E-state index in [1.54, 1.807) is 12.3 Å². The van der Waals surface area contributed by atoms with Crippen LogP contribution in [0.15, 0.2) is 30.5 Å². The van der Waals surface area contributed by atoms with Gasteiger partial charge in [-0.3, -0.25) is 4.79 Å². The fourth-order valence-corrected chi connectivity index (χ4v) is 1.96. The summed E-state index contributed by atoms with van der Waals surface area (Å²) in [6, 6.07) is 6.56. The van der Waals surface area contributed by atoms with Gasteiger partial charge >= 0.3 is 0 Å². The molecule has 0 aliphatic rings. The Kier molecular flexibility index (Phi) is 4.36. The minimum absolute atomic E-state index is 0.0607. The van der Waals surface area contributed by atoms with Crippen molar-refractivity contribution < 1.29 is 4.79 Å². The van der Waals surface area contributed by atoms with E-state index in [9.17, 15) is 4.79 Å². The summed E-state index contributed by atoms with van der Waals surface area (Å²) in [7, 11) is 0. The average Bonchev–Trinajstić information content (AvgIpc) is 2.32. The summed E-state index contributed by atoms with van der Waals surface area (Å²) >= 11 is 13.6. The zero-order valence-electron chi connectivity index (χ0n) is 8.82. The molecule has 18 heavy (non-hydrogen) atoms. The Bertz CT molecular complexity index is 589. The van der Waals surface area contributed by atoms with Gasteiger partial charge in [0.2, 0.25) is 0 Å². The van der Waals surface area contributed by atoms with Gasteiger partial charge in [-0.2, -0.15) is 0 Å². The van der Waals surface area contributed by atoms with E-state index in [-0.39, 0.29) is 21.8 Å². The number of rotatable bonds is 2. The van der Waals surface area contributed by atoms with E-state index in [1.165, 1.54) is 12.1 Å². The van der Waals surface area contributed by atoms with Crippen molar-refractivity contribution in [2.75, 3.05) is 5.32 Å². The Morgan fingerprint density at radius 3 is 2.61 bits per heavy atom. The first kappa shape index (κ1) is 13.5. The molecular weight excluding hydrogens is 388 g/mol. The van der Waals surface area contributed by atoms with Gasteiger partial charge in [-0.1, -0.05) is 23.2 Å².